The number of hydroxylamine groups is 2. The minimum atomic E-state index is -0.233. The molecule has 4 nitrogen and oxygen atoms in total. The molecule has 1 rings (SSSR count). The number of carbonyl (C=O) groups excluding carboxylic acids is 2. The summed E-state index contributed by atoms with van der Waals surface area (Å²) >= 11 is 0. The van der Waals surface area contributed by atoms with Crippen LogP contribution in [0.25, 0.3) is 0 Å². The Balaban J connectivity index is 2.55. The van der Waals surface area contributed by atoms with Crippen molar-refractivity contribution in [3.05, 3.63) is 0 Å². The Kier molecular flexibility index (Phi) is 2.24. The zero-order valence-corrected chi connectivity index (χ0v) is 6.66. The molecule has 4 heteroatoms. The van der Waals surface area contributed by atoms with Gasteiger partial charge in [0.05, 0.1) is 6.10 Å². The predicted octanol–water partition coefficient (Wildman–Crippen LogP) is 0.475. The van der Waals surface area contributed by atoms with Crippen molar-refractivity contribution >= 4 is 11.8 Å². The highest BCUT2D eigenvalue weighted by atomic mass is 16.7. The number of amides is 2. The molecule has 0 unspecified atom stereocenters. The van der Waals surface area contributed by atoms with Crippen molar-refractivity contribution in [1.82, 2.24) is 5.06 Å². The fraction of sp³-hybridized carbons (Fsp3) is 0.714. The van der Waals surface area contributed by atoms with E-state index >= 15 is 0 Å². The Hall–Kier alpha value is -0.900. The van der Waals surface area contributed by atoms with E-state index in [0.29, 0.717) is 0 Å². The smallest absolute Gasteiger partial charge is 0.254 e. The molecule has 1 heterocycles. The molecule has 0 radical (unpaired) electrons. The summed E-state index contributed by atoms with van der Waals surface area (Å²) in [7, 11) is 0. The van der Waals surface area contributed by atoms with Crippen LogP contribution in [-0.4, -0.2) is 23.0 Å². The summed E-state index contributed by atoms with van der Waals surface area (Å²) < 4.78 is 0. The summed E-state index contributed by atoms with van der Waals surface area (Å²) in [6.45, 7) is 3.55. The Morgan fingerprint density at radius 2 is 1.73 bits per heavy atom. The van der Waals surface area contributed by atoms with Crippen LogP contribution in [0.5, 0.6) is 0 Å². The van der Waals surface area contributed by atoms with Gasteiger partial charge in [0.2, 0.25) is 0 Å². The summed E-state index contributed by atoms with van der Waals surface area (Å²) in [6, 6.07) is 0. The quantitative estimate of drug-likeness (QED) is 0.547. The molecular weight excluding hydrogens is 146 g/mol. The number of carbonyl (C=O) groups is 2. The number of rotatable bonds is 2. The monoisotopic (exact) mass is 157 g/mol. The lowest BCUT2D eigenvalue weighted by molar-refractivity contribution is -0.198. The second kappa shape index (κ2) is 3.00. The maximum absolute atomic E-state index is 10.9. The van der Waals surface area contributed by atoms with Gasteiger partial charge in [-0.2, -0.15) is 5.06 Å². The van der Waals surface area contributed by atoms with Gasteiger partial charge in [-0.25, -0.2) is 0 Å². The fourth-order valence-electron chi connectivity index (χ4n) is 0.884. The first kappa shape index (κ1) is 8.20. The van der Waals surface area contributed by atoms with Crippen LogP contribution in [0.4, 0.5) is 0 Å². The third kappa shape index (κ3) is 1.77. The van der Waals surface area contributed by atoms with Crippen LogP contribution >= 0.6 is 0 Å². The fourth-order valence-corrected chi connectivity index (χ4v) is 0.884. The van der Waals surface area contributed by atoms with Crippen LogP contribution in [-0.2, 0) is 14.4 Å². The average Bonchev–Trinajstić information content (AvgIpc) is 2.18. The van der Waals surface area contributed by atoms with E-state index < -0.39 is 0 Å². The molecule has 0 aromatic heterocycles. The normalized spacial score (nSPS) is 18.6. The molecule has 0 aromatic carbocycles. The van der Waals surface area contributed by atoms with Crippen molar-refractivity contribution in [1.29, 1.82) is 0 Å². The first-order chi connectivity index (χ1) is 5.11. The molecule has 0 spiro atoms. The average molecular weight is 157 g/mol. The Bertz CT molecular complexity index is 172. The standard InChI is InChI=1S/C7H11NO3/c1-5(2)11-8-6(9)3-4-7(8)10/h5H,3-4H2,1-2H3. The SMILES string of the molecule is CC(C)ON1C(=O)CCC1=O. The molecule has 1 fully saturated rings. The van der Waals surface area contributed by atoms with Crippen molar-refractivity contribution in [3.63, 3.8) is 0 Å². The maximum Gasteiger partial charge on any atom is 0.254 e. The second-order valence-corrected chi connectivity index (χ2v) is 2.74. The molecular formula is C7H11NO3. The zero-order chi connectivity index (χ0) is 8.43. The van der Waals surface area contributed by atoms with E-state index in [0.717, 1.165) is 5.06 Å². The Morgan fingerprint density at radius 1 is 1.27 bits per heavy atom. The van der Waals surface area contributed by atoms with Gasteiger partial charge in [-0.3, -0.25) is 14.4 Å². The van der Waals surface area contributed by atoms with Gasteiger partial charge in [0, 0.05) is 12.8 Å². The highest BCUT2D eigenvalue weighted by molar-refractivity contribution is 6.00. The molecule has 0 bridgehead atoms. The molecule has 1 aliphatic rings. The lowest BCUT2D eigenvalue weighted by atomic mass is 10.4. The molecule has 0 aliphatic carbocycles. The Morgan fingerprint density at radius 3 is 2.09 bits per heavy atom. The van der Waals surface area contributed by atoms with E-state index in [9.17, 15) is 9.59 Å². The largest absolute Gasteiger partial charge is 0.272 e. The summed E-state index contributed by atoms with van der Waals surface area (Å²) in [4.78, 5) is 26.8. The van der Waals surface area contributed by atoms with Crippen molar-refractivity contribution in [2.45, 2.75) is 32.8 Å². The van der Waals surface area contributed by atoms with Crippen LogP contribution in [0.3, 0.4) is 0 Å². The van der Waals surface area contributed by atoms with Crippen LogP contribution in [0, 0.1) is 0 Å². The van der Waals surface area contributed by atoms with Gasteiger partial charge < -0.3 is 0 Å². The van der Waals surface area contributed by atoms with Crippen molar-refractivity contribution < 1.29 is 14.4 Å². The van der Waals surface area contributed by atoms with E-state index in [2.05, 4.69) is 0 Å². The number of imide groups is 1. The first-order valence-corrected chi connectivity index (χ1v) is 3.64. The van der Waals surface area contributed by atoms with Gasteiger partial charge in [0.25, 0.3) is 11.8 Å². The van der Waals surface area contributed by atoms with E-state index in [1.807, 2.05) is 0 Å². The molecule has 1 aliphatic heterocycles. The van der Waals surface area contributed by atoms with Crippen molar-refractivity contribution in [2.75, 3.05) is 0 Å². The summed E-state index contributed by atoms with van der Waals surface area (Å²) in [5.74, 6) is -0.465. The van der Waals surface area contributed by atoms with E-state index in [1.54, 1.807) is 13.8 Å². The number of nitrogens with zero attached hydrogens (tertiary/aromatic N) is 1. The number of hydrogen-bond donors (Lipinski definition) is 0. The van der Waals surface area contributed by atoms with E-state index in [4.69, 9.17) is 4.84 Å². The van der Waals surface area contributed by atoms with Gasteiger partial charge in [0.15, 0.2) is 0 Å². The zero-order valence-electron chi connectivity index (χ0n) is 6.66. The molecule has 1 saturated heterocycles. The van der Waals surface area contributed by atoms with Gasteiger partial charge in [0.1, 0.15) is 0 Å². The molecule has 2 amide bonds. The van der Waals surface area contributed by atoms with Crippen LogP contribution in [0.15, 0.2) is 0 Å². The second-order valence-electron chi connectivity index (χ2n) is 2.74. The highest BCUT2D eigenvalue weighted by Gasteiger charge is 2.30. The minimum Gasteiger partial charge on any atom is -0.272 e. The van der Waals surface area contributed by atoms with Crippen molar-refractivity contribution in [3.8, 4) is 0 Å². The van der Waals surface area contributed by atoms with Gasteiger partial charge in [-0.1, -0.05) is 0 Å². The molecule has 0 aromatic rings. The topological polar surface area (TPSA) is 46.6 Å². The molecule has 62 valence electrons. The molecule has 11 heavy (non-hydrogen) atoms. The van der Waals surface area contributed by atoms with Crippen LogP contribution in [0.1, 0.15) is 26.7 Å². The third-order valence-corrected chi connectivity index (χ3v) is 1.32. The molecule has 0 atom stereocenters. The lowest BCUT2D eigenvalue weighted by Crippen LogP contribution is -2.31. The van der Waals surface area contributed by atoms with Gasteiger partial charge in [-0.15, -0.1) is 0 Å². The number of hydrogen-bond acceptors (Lipinski definition) is 3. The maximum atomic E-state index is 10.9. The Labute approximate surface area is 65.1 Å². The minimum absolute atomic E-state index is 0.124. The van der Waals surface area contributed by atoms with Gasteiger partial charge in [-0.05, 0) is 13.8 Å². The van der Waals surface area contributed by atoms with E-state index in [-0.39, 0.29) is 30.8 Å². The van der Waals surface area contributed by atoms with Crippen LogP contribution in [0.2, 0.25) is 0 Å². The van der Waals surface area contributed by atoms with E-state index in [1.165, 1.54) is 0 Å². The summed E-state index contributed by atoms with van der Waals surface area (Å²) in [6.07, 6.45) is 0.443. The third-order valence-electron chi connectivity index (χ3n) is 1.32. The first-order valence-electron chi connectivity index (χ1n) is 3.64. The van der Waals surface area contributed by atoms with Crippen molar-refractivity contribution in [2.24, 2.45) is 0 Å². The van der Waals surface area contributed by atoms with Crippen LogP contribution < -0.4 is 0 Å². The lowest BCUT2D eigenvalue weighted by Gasteiger charge is -2.15. The van der Waals surface area contributed by atoms with Gasteiger partial charge >= 0.3 is 0 Å². The summed E-state index contributed by atoms with van der Waals surface area (Å²) in [5, 5.41) is 0.866. The molecule has 0 N–H and O–H groups in total. The highest BCUT2D eigenvalue weighted by Crippen LogP contribution is 2.12. The molecule has 0 saturated carbocycles. The predicted molar refractivity (Wildman–Crippen MR) is 37.3 cm³/mol. The summed E-state index contributed by atoms with van der Waals surface area (Å²) in [5.41, 5.74) is 0.